The molecule has 0 aliphatic carbocycles. The molecule has 0 fully saturated rings. The van der Waals surface area contributed by atoms with Crippen molar-refractivity contribution in [3.8, 4) is 5.75 Å². The van der Waals surface area contributed by atoms with E-state index in [-0.39, 0.29) is 11.3 Å². The van der Waals surface area contributed by atoms with E-state index in [0.717, 1.165) is 6.07 Å². The van der Waals surface area contributed by atoms with Gasteiger partial charge in [0.05, 0.1) is 5.02 Å². The molecule has 1 rings (SSSR count). The molecule has 0 bridgehead atoms. The molecule has 0 saturated carbocycles. The van der Waals surface area contributed by atoms with Crippen LogP contribution in [0, 0.1) is 0 Å². The van der Waals surface area contributed by atoms with Crippen LogP contribution in [0.5, 0.6) is 5.75 Å². The lowest BCUT2D eigenvalue weighted by atomic mass is 10.3. The van der Waals surface area contributed by atoms with Gasteiger partial charge < -0.3 is 5.11 Å². The average molecular weight is 208 g/mol. The van der Waals surface area contributed by atoms with Gasteiger partial charge in [0, 0.05) is 0 Å². The van der Waals surface area contributed by atoms with Crippen LogP contribution in [0.3, 0.4) is 0 Å². The summed E-state index contributed by atoms with van der Waals surface area (Å²) < 4.78 is 24.2. The second kappa shape index (κ2) is 3.66. The van der Waals surface area contributed by atoms with Crippen molar-refractivity contribution in [2.75, 3.05) is 0 Å². The maximum Gasteiger partial charge on any atom is 0.280 e. The number of aldehydes is 1. The van der Waals surface area contributed by atoms with Crippen molar-refractivity contribution >= 4 is 17.9 Å². The van der Waals surface area contributed by atoms with E-state index in [9.17, 15) is 13.6 Å². The van der Waals surface area contributed by atoms with Gasteiger partial charge in [-0.3, -0.25) is 4.79 Å². The SMILES string of the molecule is O=Cc1nc(C(F)F)cc(Cl)c1O. The lowest BCUT2D eigenvalue weighted by Crippen LogP contribution is -1.96. The van der Waals surface area contributed by atoms with Gasteiger partial charge in [-0.05, 0) is 6.07 Å². The number of alkyl halides is 2. The largest absolute Gasteiger partial charge is 0.504 e. The Kier molecular flexibility index (Phi) is 2.77. The fourth-order valence-corrected chi connectivity index (χ4v) is 0.947. The van der Waals surface area contributed by atoms with Gasteiger partial charge in [-0.1, -0.05) is 11.6 Å². The van der Waals surface area contributed by atoms with E-state index in [1.807, 2.05) is 0 Å². The molecule has 0 aromatic carbocycles. The van der Waals surface area contributed by atoms with Crippen LogP contribution in [0.25, 0.3) is 0 Å². The van der Waals surface area contributed by atoms with Crippen LogP contribution < -0.4 is 0 Å². The standard InChI is InChI=1S/C7H4ClF2NO2/c8-3-1-4(7(9)10)11-5(2-12)6(3)13/h1-2,7,13H. The van der Waals surface area contributed by atoms with Crippen molar-refractivity contribution in [1.29, 1.82) is 0 Å². The van der Waals surface area contributed by atoms with E-state index in [1.165, 1.54) is 0 Å². The number of halogens is 3. The van der Waals surface area contributed by atoms with Crippen LogP contribution in [-0.4, -0.2) is 16.4 Å². The number of carbonyl (C=O) groups excluding carboxylic acids is 1. The Morgan fingerprint density at radius 1 is 1.62 bits per heavy atom. The minimum absolute atomic E-state index is 0.160. The molecular formula is C7H4ClF2NO2. The number of hydrogen-bond donors (Lipinski definition) is 1. The summed E-state index contributed by atoms with van der Waals surface area (Å²) in [6.45, 7) is 0. The Labute approximate surface area is 77.0 Å². The molecule has 1 aromatic rings. The summed E-state index contributed by atoms with van der Waals surface area (Å²) >= 11 is 5.36. The van der Waals surface area contributed by atoms with E-state index >= 15 is 0 Å². The van der Waals surface area contributed by atoms with Gasteiger partial charge in [0.2, 0.25) is 0 Å². The van der Waals surface area contributed by atoms with Crippen LogP contribution in [0.2, 0.25) is 5.02 Å². The van der Waals surface area contributed by atoms with E-state index < -0.39 is 23.6 Å². The van der Waals surface area contributed by atoms with Crippen LogP contribution in [0.1, 0.15) is 22.6 Å². The second-order valence-electron chi connectivity index (χ2n) is 2.18. The predicted octanol–water partition coefficient (Wildman–Crippen LogP) is 2.19. The molecule has 0 atom stereocenters. The maximum atomic E-state index is 12.1. The van der Waals surface area contributed by atoms with Crippen molar-refractivity contribution in [1.82, 2.24) is 4.98 Å². The molecule has 13 heavy (non-hydrogen) atoms. The van der Waals surface area contributed by atoms with Gasteiger partial charge in [0.1, 0.15) is 11.4 Å². The van der Waals surface area contributed by atoms with E-state index in [2.05, 4.69) is 4.98 Å². The minimum Gasteiger partial charge on any atom is -0.504 e. The normalized spacial score (nSPS) is 10.5. The highest BCUT2D eigenvalue weighted by molar-refractivity contribution is 6.32. The highest BCUT2D eigenvalue weighted by Gasteiger charge is 2.15. The summed E-state index contributed by atoms with van der Waals surface area (Å²) in [6, 6.07) is 0.814. The monoisotopic (exact) mass is 207 g/mol. The molecule has 0 aliphatic rings. The zero-order chi connectivity index (χ0) is 10.0. The summed E-state index contributed by atoms with van der Waals surface area (Å²) in [5, 5.41) is 8.72. The molecule has 0 saturated heterocycles. The molecule has 1 N–H and O–H groups in total. The molecule has 1 heterocycles. The highest BCUT2D eigenvalue weighted by atomic mass is 35.5. The van der Waals surface area contributed by atoms with E-state index in [4.69, 9.17) is 16.7 Å². The molecule has 0 spiro atoms. The fourth-order valence-electron chi connectivity index (χ4n) is 0.739. The third-order valence-corrected chi connectivity index (χ3v) is 1.62. The summed E-state index contributed by atoms with van der Waals surface area (Å²) in [7, 11) is 0. The van der Waals surface area contributed by atoms with E-state index in [1.54, 1.807) is 0 Å². The van der Waals surface area contributed by atoms with Gasteiger partial charge in [-0.15, -0.1) is 0 Å². The molecule has 0 aliphatic heterocycles. The topological polar surface area (TPSA) is 50.2 Å². The molecule has 3 nitrogen and oxygen atoms in total. The van der Waals surface area contributed by atoms with Crippen molar-refractivity contribution in [2.24, 2.45) is 0 Å². The first-order chi connectivity index (χ1) is 6.06. The maximum absolute atomic E-state index is 12.1. The number of pyridine rings is 1. The summed E-state index contributed by atoms with van der Waals surface area (Å²) in [4.78, 5) is 13.4. The molecule has 70 valence electrons. The van der Waals surface area contributed by atoms with Crippen molar-refractivity contribution < 1.29 is 18.7 Å². The van der Waals surface area contributed by atoms with Crippen LogP contribution >= 0.6 is 11.6 Å². The number of carbonyl (C=O) groups is 1. The number of hydrogen-bond acceptors (Lipinski definition) is 3. The molecule has 6 heteroatoms. The van der Waals surface area contributed by atoms with Gasteiger partial charge in [0.25, 0.3) is 6.43 Å². The van der Waals surface area contributed by atoms with Gasteiger partial charge in [-0.2, -0.15) is 0 Å². The van der Waals surface area contributed by atoms with Crippen molar-refractivity contribution in [3.63, 3.8) is 0 Å². The Bertz CT molecular complexity index is 344. The average Bonchev–Trinajstić information content (AvgIpc) is 2.09. The molecule has 0 unspecified atom stereocenters. The first kappa shape index (κ1) is 9.85. The quantitative estimate of drug-likeness (QED) is 0.757. The Hall–Kier alpha value is -1.23. The fraction of sp³-hybridized carbons (Fsp3) is 0.143. The van der Waals surface area contributed by atoms with Gasteiger partial charge in [-0.25, -0.2) is 13.8 Å². The third-order valence-electron chi connectivity index (χ3n) is 1.33. The molecular weight excluding hydrogens is 204 g/mol. The van der Waals surface area contributed by atoms with E-state index in [0.29, 0.717) is 0 Å². The Morgan fingerprint density at radius 3 is 2.69 bits per heavy atom. The first-order valence-electron chi connectivity index (χ1n) is 3.19. The number of aromatic nitrogens is 1. The number of nitrogens with zero attached hydrogens (tertiary/aromatic N) is 1. The Balaban J connectivity index is 3.30. The lowest BCUT2D eigenvalue weighted by Gasteiger charge is -2.03. The number of rotatable bonds is 2. The minimum atomic E-state index is -2.82. The van der Waals surface area contributed by atoms with Crippen molar-refractivity contribution in [3.05, 3.63) is 22.5 Å². The molecule has 0 radical (unpaired) electrons. The van der Waals surface area contributed by atoms with Crippen LogP contribution in [-0.2, 0) is 0 Å². The molecule has 1 aromatic heterocycles. The predicted molar refractivity (Wildman–Crippen MR) is 41.3 cm³/mol. The molecule has 0 amide bonds. The Morgan fingerprint density at radius 2 is 2.23 bits per heavy atom. The van der Waals surface area contributed by atoms with Gasteiger partial charge in [0.15, 0.2) is 12.0 Å². The zero-order valence-electron chi connectivity index (χ0n) is 6.17. The third kappa shape index (κ3) is 1.92. The smallest absolute Gasteiger partial charge is 0.280 e. The summed E-state index contributed by atoms with van der Waals surface area (Å²) in [6.07, 6.45) is -2.66. The van der Waals surface area contributed by atoms with Crippen LogP contribution in [0.15, 0.2) is 6.07 Å². The second-order valence-corrected chi connectivity index (χ2v) is 2.59. The van der Waals surface area contributed by atoms with Gasteiger partial charge >= 0.3 is 0 Å². The number of aromatic hydroxyl groups is 1. The van der Waals surface area contributed by atoms with Crippen molar-refractivity contribution in [2.45, 2.75) is 6.43 Å². The summed E-state index contributed by atoms with van der Waals surface area (Å²) in [5.74, 6) is -0.582. The highest BCUT2D eigenvalue weighted by Crippen LogP contribution is 2.29. The lowest BCUT2D eigenvalue weighted by molar-refractivity contribution is 0.111. The zero-order valence-corrected chi connectivity index (χ0v) is 6.92. The van der Waals surface area contributed by atoms with Crippen LogP contribution in [0.4, 0.5) is 8.78 Å². The first-order valence-corrected chi connectivity index (χ1v) is 3.56. The summed E-state index contributed by atoms with van der Waals surface area (Å²) in [5.41, 5.74) is -1.12.